The molecule has 4 aliphatic rings. The number of carbonyl (C=O) groups is 1. The third-order valence-electron chi connectivity index (χ3n) is 7.60. The molecule has 3 nitrogen and oxygen atoms in total. The highest BCUT2D eigenvalue weighted by Gasteiger charge is 2.49. The number of benzene rings is 1. The molecule has 0 radical (unpaired) electrons. The van der Waals surface area contributed by atoms with Gasteiger partial charge in [0.15, 0.2) is 0 Å². The van der Waals surface area contributed by atoms with Crippen molar-refractivity contribution in [2.45, 2.75) is 75.3 Å². The Balaban J connectivity index is 1.40. The van der Waals surface area contributed by atoms with E-state index in [0.29, 0.717) is 11.3 Å². The molecule has 0 unspecified atom stereocenters. The van der Waals surface area contributed by atoms with Crippen LogP contribution < -0.4 is 5.32 Å². The highest BCUT2D eigenvalue weighted by molar-refractivity contribution is 5.80. The molecule has 1 amide bonds. The molecule has 1 aromatic rings. The Labute approximate surface area is 151 Å². The molecule has 1 saturated carbocycles. The predicted octanol–water partition coefficient (Wildman–Crippen LogP) is 3.93. The highest BCUT2D eigenvalue weighted by Crippen LogP contribution is 2.53. The molecule has 25 heavy (non-hydrogen) atoms. The van der Waals surface area contributed by atoms with Crippen LogP contribution in [0, 0.1) is 5.92 Å². The molecule has 1 N–H and O–H groups in total. The summed E-state index contributed by atoms with van der Waals surface area (Å²) in [6, 6.07) is 10.1. The van der Waals surface area contributed by atoms with Crippen molar-refractivity contribution in [2.75, 3.05) is 13.1 Å². The van der Waals surface area contributed by atoms with Crippen LogP contribution in [0.4, 0.5) is 0 Å². The van der Waals surface area contributed by atoms with Crippen molar-refractivity contribution in [3.05, 3.63) is 35.4 Å². The van der Waals surface area contributed by atoms with E-state index in [4.69, 9.17) is 0 Å². The summed E-state index contributed by atoms with van der Waals surface area (Å²) in [5, 5.41) is 3.25. The van der Waals surface area contributed by atoms with Crippen molar-refractivity contribution in [2.24, 2.45) is 5.92 Å². The van der Waals surface area contributed by atoms with E-state index in [1.807, 2.05) is 0 Å². The largest absolute Gasteiger partial charge is 0.349 e. The smallest absolute Gasteiger partial charge is 0.220 e. The van der Waals surface area contributed by atoms with E-state index in [0.717, 1.165) is 12.5 Å². The Morgan fingerprint density at radius 3 is 2.60 bits per heavy atom. The SMILES string of the molecule is O=C1C[C@@H]2CC3(CCN(C4CCCCC4)CC3)c3ccccc3[C@@H]2N1. The number of rotatable bonds is 1. The number of piperidine rings is 1. The van der Waals surface area contributed by atoms with Crippen LogP contribution >= 0.6 is 0 Å². The number of hydrogen-bond acceptors (Lipinski definition) is 2. The first-order valence-electron chi connectivity index (χ1n) is 10.4. The monoisotopic (exact) mass is 338 g/mol. The molecule has 1 spiro atoms. The van der Waals surface area contributed by atoms with Gasteiger partial charge in [-0.2, -0.15) is 0 Å². The number of carbonyl (C=O) groups excluding carboxylic acids is 1. The number of nitrogens with zero attached hydrogens (tertiary/aromatic N) is 1. The second-order valence-corrected chi connectivity index (χ2v) is 8.91. The normalized spacial score (nSPS) is 32.2. The Morgan fingerprint density at radius 1 is 1.04 bits per heavy atom. The lowest BCUT2D eigenvalue weighted by molar-refractivity contribution is -0.119. The molecule has 1 aromatic carbocycles. The second-order valence-electron chi connectivity index (χ2n) is 8.91. The quantitative estimate of drug-likeness (QED) is 0.841. The lowest BCUT2D eigenvalue weighted by atomic mass is 9.60. The van der Waals surface area contributed by atoms with E-state index in [1.54, 1.807) is 5.56 Å². The molecule has 0 aromatic heterocycles. The minimum absolute atomic E-state index is 0.251. The first-order valence-corrected chi connectivity index (χ1v) is 10.4. The second kappa shape index (κ2) is 6.12. The van der Waals surface area contributed by atoms with E-state index in [2.05, 4.69) is 34.5 Å². The van der Waals surface area contributed by atoms with Crippen molar-refractivity contribution >= 4 is 5.91 Å². The molecular formula is C22H30N2O. The highest BCUT2D eigenvalue weighted by atomic mass is 16.2. The predicted molar refractivity (Wildman–Crippen MR) is 99.4 cm³/mol. The zero-order valence-corrected chi connectivity index (χ0v) is 15.2. The number of nitrogens with one attached hydrogen (secondary N) is 1. The molecule has 3 heteroatoms. The summed E-state index contributed by atoms with van der Waals surface area (Å²) in [7, 11) is 0. The van der Waals surface area contributed by atoms with Gasteiger partial charge in [0, 0.05) is 12.5 Å². The Hall–Kier alpha value is -1.35. The van der Waals surface area contributed by atoms with Crippen LogP contribution in [0.1, 0.15) is 75.0 Å². The Kier molecular flexibility index (Phi) is 3.89. The number of likely N-dealkylation sites (tertiary alicyclic amines) is 1. The van der Waals surface area contributed by atoms with E-state index in [-0.39, 0.29) is 11.9 Å². The van der Waals surface area contributed by atoms with Crippen LogP contribution in [-0.2, 0) is 10.2 Å². The van der Waals surface area contributed by atoms with Gasteiger partial charge in [-0.15, -0.1) is 0 Å². The van der Waals surface area contributed by atoms with Gasteiger partial charge < -0.3 is 10.2 Å². The molecular weight excluding hydrogens is 308 g/mol. The minimum atomic E-state index is 0.251. The van der Waals surface area contributed by atoms with Crippen LogP contribution in [0.2, 0.25) is 0 Å². The summed E-state index contributed by atoms with van der Waals surface area (Å²) < 4.78 is 0. The van der Waals surface area contributed by atoms with Gasteiger partial charge in [-0.3, -0.25) is 4.79 Å². The summed E-state index contributed by atoms with van der Waals surface area (Å²) in [5.74, 6) is 0.755. The van der Waals surface area contributed by atoms with Crippen molar-refractivity contribution in [3.8, 4) is 0 Å². The zero-order chi connectivity index (χ0) is 16.9. The van der Waals surface area contributed by atoms with E-state index < -0.39 is 0 Å². The topological polar surface area (TPSA) is 32.3 Å². The van der Waals surface area contributed by atoms with Crippen LogP contribution in [0.15, 0.2) is 24.3 Å². The third kappa shape index (κ3) is 2.63. The van der Waals surface area contributed by atoms with Gasteiger partial charge in [-0.05, 0) is 67.7 Å². The Morgan fingerprint density at radius 2 is 1.80 bits per heavy atom. The van der Waals surface area contributed by atoms with Crippen LogP contribution in [-0.4, -0.2) is 29.9 Å². The third-order valence-corrected chi connectivity index (χ3v) is 7.60. The fourth-order valence-electron chi connectivity index (χ4n) is 6.33. The lowest BCUT2D eigenvalue weighted by Crippen LogP contribution is -2.50. The molecule has 2 aliphatic heterocycles. The summed E-state index contributed by atoms with van der Waals surface area (Å²) >= 11 is 0. The fourth-order valence-corrected chi connectivity index (χ4v) is 6.33. The number of fused-ring (bicyclic) bond motifs is 4. The summed E-state index contributed by atoms with van der Waals surface area (Å²) in [5.41, 5.74) is 3.27. The van der Waals surface area contributed by atoms with Crippen LogP contribution in [0.3, 0.4) is 0 Å². The van der Waals surface area contributed by atoms with Crippen LogP contribution in [0.5, 0.6) is 0 Å². The van der Waals surface area contributed by atoms with Crippen molar-refractivity contribution in [1.29, 1.82) is 0 Å². The molecule has 2 atom stereocenters. The number of hydrogen-bond donors (Lipinski definition) is 1. The first kappa shape index (κ1) is 15.9. The maximum atomic E-state index is 12.0. The molecule has 3 fully saturated rings. The first-order chi connectivity index (χ1) is 12.3. The van der Waals surface area contributed by atoms with Crippen molar-refractivity contribution in [3.63, 3.8) is 0 Å². The van der Waals surface area contributed by atoms with Crippen molar-refractivity contribution < 1.29 is 4.79 Å². The van der Waals surface area contributed by atoms with E-state index >= 15 is 0 Å². The van der Waals surface area contributed by atoms with E-state index in [1.165, 1.54) is 70.0 Å². The van der Waals surface area contributed by atoms with Crippen molar-refractivity contribution in [1.82, 2.24) is 10.2 Å². The van der Waals surface area contributed by atoms with Gasteiger partial charge in [0.1, 0.15) is 0 Å². The maximum Gasteiger partial charge on any atom is 0.220 e. The maximum absolute atomic E-state index is 12.0. The zero-order valence-electron chi connectivity index (χ0n) is 15.2. The molecule has 2 saturated heterocycles. The molecule has 134 valence electrons. The summed E-state index contributed by atoms with van der Waals surface area (Å²) in [6.07, 6.45) is 11.6. The van der Waals surface area contributed by atoms with Crippen LogP contribution in [0.25, 0.3) is 0 Å². The standard InChI is InChI=1S/C22H30N2O/c25-20-14-16-15-22(19-9-5-4-8-18(19)21(16)23-20)10-12-24(13-11-22)17-6-2-1-3-7-17/h4-5,8-9,16-17,21H,1-3,6-7,10-15H2,(H,23,25)/t16-,21-/m1/s1. The average Bonchev–Trinajstić information content (AvgIpc) is 3.03. The molecule has 2 aliphatic carbocycles. The minimum Gasteiger partial charge on any atom is -0.349 e. The summed E-state index contributed by atoms with van der Waals surface area (Å²) in [4.78, 5) is 14.8. The fraction of sp³-hybridized carbons (Fsp3) is 0.682. The van der Waals surface area contributed by atoms with Gasteiger partial charge in [-0.25, -0.2) is 0 Å². The van der Waals surface area contributed by atoms with Gasteiger partial charge in [0.05, 0.1) is 6.04 Å². The average molecular weight is 338 g/mol. The number of amides is 1. The van der Waals surface area contributed by atoms with E-state index in [9.17, 15) is 4.79 Å². The Bertz CT molecular complexity index is 656. The van der Waals surface area contributed by atoms with Gasteiger partial charge >= 0.3 is 0 Å². The molecule has 5 rings (SSSR count). The molecule has 0 bridgehead atoms. The van der Waals surface area contributed by atoms with Gasteiger partial charge in [0.2, 0.25) is 5.91 Å². The lowest BCUT2D eigenvalue weighted by Gasteiger charge is -2.50. The summed E-state index contributed by atoms with van der Waals surface area (Å²) in [6.45, 7) is 2.50. The van der Waals surface area contributed by atoms with Gasteiger partial charge in [-0.1, -0.05) is 43.5 Å². The molecule has 2 heterocycles. The van der Waals surface area contributed by atoms with Gasteiger partial charge in [0.25, 0.3) is 0 Å².